The Balaban J connectivity index is 1.02. The monoisotopic (exact) mass is 998 g/mol. The molecule has 7 amide bonds. The van der Waals surface area contributed by atoms with Gasteiger partial charge in [-0.25, -0.2) is 14.5 Å². The number of fused-ring (bicyclic) bond motifs is 2. The van der Waals surface area contributed by atoms with E-state index in [1.165, 1.54) is 23.3 Å². The van der Waals surface area contributed by atoms with Gasteiger partial charge in [0.05, 0.1) is 37.5 Å². The van der Waals surface area contributed by atoms with E-state index in [9.17, 15) is 42.3 Å². The average molecular weight is 999 g/mol. The minimum atomic E-state index is -4.19. The lowest BCUT2D eigenvalue weighted by Crippen LogP contribution is -2.54. The molecule has 3 heterocycles. The van der Waals surface area contributed by atoms with Gasteiger partial charge in [-0.3, -0.25) is 37.6 Å². The minimum absolute atomic E-state index is 0.0643. The molecule has 0 saturated heterocycles. The number of nitrogens with zero attached hydrogens (tertiary/aromatic N) is 4. The van der Waals surface area contributed by atoms with Crippen molar-refractivity contribution in [1.29, 1.82) is 0 Å². The number of aromatic nitrogens is 3. The fourth-order valence-electron chi connectivity index (χ4n) is 9.57. The number of imide groups is 1. The van der Waals surface area contributed by atoms with Gasteiger partial charge < -0.3 is 37.4 Å². The third-order valence-corrected chi connectivity index (χ3v) is 13.7. The number of unbranched alkanes of at least 4 members (excludes halogenated alkanes) is 2. The van der Waals surface area contributed by atoms with Gasteiger partial charge >= 0.3 is 16.3 Å². The normalized spacial score (nSPS) is 19.5. The van der Waals surface area contributed by atoms with Gasteiger partial charge in [0.25, 0.3) is 11.8 Å². The topological polar surface area (TPSA) is 303 Å². The van der Waals surface area contributed by atoms with E-state index in [0.717, 1.165) is 34.3 Å². The molecule has 4 aromatic rings. The lowest BCUT2D eigenvalue weighted by molar-refractivity contribution is -0.668. The van der Waals surface area contributed by atoms with Gasteiger partial charge in [-0.2, -0.15) is 8.42 Å². The standard InChI is InChI=1S/C49H63N11O10S/c1-30(2)44(57-41(62)12-4-3-7-23-60-42(63)19-20-43(60)64)47(66)56-39(11-8-22-52-49(50)67)46(65)54-34-16-13-31(14-17-34)27-58-29-53-45(55-38-18-15-32-9-5-6-10-36(32)38)37-21-24-59(48(37)58)35-25-33(40(61)26-35)28-70-71(51,68)69/h5-6,9-10,13-14,16-17,19-21,24,29-30,33,35,38-40,44,61H,3-4,7-8,11-12,15,18,22-23,25-28H2,1-2H3,(H8,50,51,52,54,56,57,62,65,66,67,68,69)/p+1/t33-,35+,38-,39?,40-,44?/m0/s1. The third kappa shape index (κ3) is 13.8. The Morgan fingerprint density at radius 3 is 2.41 bits per heavy atom. The van der Waals surface area contributed by atoms with Gasteiger partial charge in [0.1, 0.15) is 17.5 Å². The molecule has 6 atom stereocenters. The first-order valence-corrected chi connectivity index (χ1v) is 25.6. The fraction of sp³-hybridized carbons (Fsp3) is 0.469. The van der Waals surface area contributed by atoms with Crippen LogP contribution in [-0.4, -0.2) is 101 Å². The second kappa shape index (κ2) is 23.4. The predicted molar refractivity (Wildman–Crippen MR) is 262 cm³/mol. The van der Waals surface area contributed by atoms with Crippen molar-refractivity contribution in [2.24, 2.45) is 22.7 Å². The number of aryl methyl sites for hydroxylation is 1. The molecule has 3 aliphatic rings. The van der Waals surface area contributed by atoms with Crippen LogP contribution in [0.15, 0.2) is 79.3 Å². The number of amides is 7. The number of nitrogens with two attached hydrogens (primary N) is 2. The highest BCUT2D eigenvalue weighted by Crippen LogP contribution is 2.39. The largest absolute Gasteiger partial charge is 0.393 e. The van der Waals surface area contributed by atoms with Crippen molar-refractivity contribution in [2.75, 3.05) is 30.3 Å². The Morgan fingerprint density at radius 2 is 1.69 bits per heavy atom. The maximum Gasteiger partial charge on any atom is 0.333 e. The summed E-state index contributed by atoms with van der Waals surface area (Å²) in [5.41, 5.74) is 9.93. The summed E-state index contributed by atoms with van der Waals surface area (Å²) in [6.45, 7) is 4.10. The number of aliphatic hydroxyl groups excluding tert-OH is 1. The number of carbonyl (C=O) groups excluding carboxylic acids is 6. The van der Waals surface area contributed by atoms with Crippen LogP contribution in [0.1, 0.15) is 100 Å². The molecule has 2 aliphatic carbocycles. The summed E-state index contributed by atoms with van der Waals surface area (Å²) in [7, 11) is -4.19. The van der Waals surface area contributed by atoms with Crippen LogP contribution in [0.3, 0.4) is 0 Å². The van der Waals surface area contributed by atoms with Crippen LogP contribution in [0.2, 0.25) is 0 Å². The van der Waals surface area contributed by atoms with E-state index in [4.69, 9.17) is 20.0 Å². The molecule has 7 rings (SSSR count). The second-order valence-corrected chi connectivity index (χ2v) is 20.0. The van der Waals surface area contributed by atoms with Gasteiger partial charge in [0.15, 0.2) is 0 Å². The van der Waals surface area contributed by atoms with Gasteiger partial charge in [-0.05, 0) is 85.8 Å². The number of hydrogen-bond donors (Lipinski definition) is 8. The number of rotatable bonds is 24. The minimum Gasteiger partial charge on any atom is -0.393 e. The number of aliphatic hydroxyl groups is 1. The van der Waals surface area contributed by atoms with Crippen molar-refractivity contribution in [3.05, 3.63) is 96.0 Å². The number of anilines is 2. The molecule has 1 saturated carbocycles. The number of hydrogen-bond acceptors (Lipinski definition) is 12. The first-order chi connectivity index (χ1) is 33.9. The van der Waals surface area contributed by atoms with E-state index in [1.54, 1.807) is 32.3 Å². The third-order valence-electron chi connectivity index (χ3n) is 13.3. The maximum absolute atomic E-state index is 13.9. The molecular formula is C49H64N11O10S+. The highest BCUT2D eigenvalue weighted by molar-refractivity contribution is 7.84. The SMILES string of the molecule is CC(C)C(NC(=O)CCCCCN1C(=O)C=CC1=O)C(=O)NC(CCCNC(N)=O)C(=O)Nc1ccc(C[n+]2cnc(N[C@H]3CCc4ccccc43)c3ccn([C@@H]4C[C@@H](COS(N)(=O)=O)[C@@H](O)C4)c32)cc1. The molecule has 21 nitrogen and oxygen atoms in total. The number of primary amides is 1. The van der Waals surface area contributed by atoms with E-state index in [-0.39, 0.29) is 68.3 Å². The van der Waals surface area contributed by atoms with Crippen molar-refractivity contribution in [3.63, 3.8) is 0 Å². The molecule has 1 aliphatic heterocycles. The molecule has 2 unspecified atom stereocenters. The molecule has 2 aromatic carbocycles. The van der Waals surface area contributed by atoms with Crippen molar-refractivity contribution in [1.82, 2.24) is 30.4 Å². The van der Waals surface area contributed by atoms with Crippen LogP contribution in [0.25, 0.3) is 11.0 Å². The van der Waals surface area contributed by atoms with Gasteiger partial charge in [0, 0.05) is 49.7 Å². The van der Waals surface area contributed by atoms with E-state index in [1.807, 2.05) is 41.1 Å². The molecule has 71 heavy (non-hydrogen) atoms. The molecule has 0 bridgehead atoms. The van der Waals surface area contributed by atoms with E-state index < -0.39 is 52.3 Å². The summed E-state index contributed by atoms with van der Waals surface area (Å²) in [5, 5.41) is 31.6. The number of carbonyl (C=O) groups is 6. The molecule has 380 valence electrons. The fourth-order valence-corrected chi connectivity index (χ4v) is 9.93. The summed E-state index contributed by atoms with van der Waals surface area (Å²) in [6, 6.07) is 14.7. The number of nitrogens with one attached hydrogen (secondary N) is 5. The summed E-state index contributed by atoms with van der Waals surface area (Å²) < 4.78 is 32.1. The Labute approximate surface area is 412 Å². The zero-order valence-electron chi connectivity index (χ0n) is 39.9. The molecule has 22 heteroatoms. The summed E-state index contributed by atoms with van der Waals surface area (Å²) in [5.74, 6) is -2.23. The highest BCUT2D eigenvalue weighted by Gasteiger charge is 2.38. The van der Waals surface area contributed by atoms with Crippen LogP contribution in [0, 0.1) is 11.8 Å². The molecule has 10 N–H and O–H groups in total. The zero-order chi connectivity index (χ0) is 50.8. The van der Waals surface area contributed by atoms with E-state index in [2.05, 4.69) is 43.3 Å². The van der Waals surface area contributed by atoms with E-state index in [0.29, 0.717) is 56.6 Å². The quantitative estimate of drug-likeness (QED) is 0.0286. The Hall–Kier alpha value is -6.75. The molecule has 2 aromatic heterocycles. The smallest absolute Gasteiger partial charge is 0.333 e. The predicted octanol–water partition coefficient (Wildman–Crippen LogP) is 2.50. The Kier molecular flexibility index (Phi) is 17.2. The van der Waals surface area contributed by atoms with E-state index >= 15 is 0 Å². The Bertz CT molecular complexity index is 2730. The molecule has 0 spiro atoms. The van der Waals surface area contributed by atoms with Crippen LogP contribution in [0.5, 0.6) is 0 Å². The molecule has 1 fully saturated rings. The van der Waals surface area contributed by atoms with Crippen LogP contribution in [-0.2, 0) is 51.4 Å². The highest BCUT2D eigenvalue weighted by atomic mass is 32.2. The lowest BCUT2D eigenvalue weighted by atomic mass is 10.0. The van der Waals surface area contributed by atoms with Crippen LogP contribution in [0.4, 0.5) is 16.3 Å². The van der Waals surface area contributed by atoms with Crippen molar-refractivity contribution >= 4 is 68.4 Å². The van der Waals surface area contributed by atoms with Gasteiger partial charge in [-0.15, -0.1) is 0 Å². The number of benzene rings is 2. The van der Waals surface area contributed by atoms with Crippen molar-refractivity contribution in [2.45, 2.75) is 115 Å². The van der Waals surface area contributed by atoms with Gasteiger partial charge in [-0.1, -0.05) is 61.7 Å². The molecule has 0 radical (unpaired) electrons. The summed E-state index contributed by atoms with van der Waals surface area (Å²) in [4.78, 5) is 81.6. The van der Waals surface area contributed by atoms with Gasteiger partial charge in [0.2, 0.25) is 35.5 Å². The summed E-state index contributed by atoms with van der Waals surface area (Å²) in [6.07, 6.45) is 10.2. The zero-order valence-corrected chi connectivity index (χ0v) is 40.7. The van der Waals surface area contributed by atoms with Crippen LogP contribution < -0.4 is 42.0 Å². The first kappa shape index (κ1) is 52.1. The second-order valence-electron chi connectivity index (χ2n) is 18.8. The maximum atomic E-state index is 13.9. The van der Waals surface area contributed by atoms with Crippen molar-refractivity contribution < 1.29 is 51.0 Å². The van der Waals surface area contributed by atoms with Crippen molar-refractivity contribution in [3.8, 4) is 0 Å². The molecular weight excluding hydrogens is 935 g/mol. The average Bonchev–Trinajstić information content (AvgIpc) is 4.12. The lowest BCUT2D eigenvalue weighted by Gasteiger charge is -2.25. The number of urea groups is 1. The first-order valence-electron chi connectivity index (χ1n) is 24.1. The Morgan fingerprint density at radius 1 is 0.944 bits per heavy atom. The summed E-state index contributed by atoms with van der Waals surface area (Å²) >= 11 is 0. The van der Waals surface area contributed by atoms with Crippen LogP contribution >= 0.6 is 0 Å².